The highest BCUT2D eigenvalue weighted by molar-refractivity contribution is 8.04. The SMILES string of the molecule is CC(C)C#CCNC(=O)COCCO[C@](C)(COc1cccc(C(=O)NCCOCCOCCOCCCCC(C)C)c1)SC#N. The Hall–Kier alpha value is -2.84. The predicted molar refractivity (Wildman–Crippen MR) is 179 cm³/mol. The van der Waals surface area contributed by atoms with Crippen molar-refractivity contribution in [1.82, 2.24) is 10.6 Å². The van der Waals surface area contributed by atoms with Gasteiger partial charge < -0.3 is 39.1 Å². The first-order valence-corrected chi connectivity index (χ1v) is 16.7. The molecule has 258 valence electrons. The minimum absolute atomic E-state index is 0.0473. The first-order valence-electron chi connectivity index (χ1n) is 15.9. The van der Waals surface area contributed by atoms with E-state index in [9.17, 15) is 14.9 Å². The molecule has 0 heterocycles. The van der Waals surface area contributed by atoms with E-state index in [4.69, 9.17) is 28.4 Å². The van der Waals surface area contributed by atoms with Crippen LogP contribution in [0.25, 0.3) is 0 Å². The van der Waals surface area contributed by atoms with Crippen LogP contribution in [0.3, 0.4) is 0 Å². The fraction of sp³-hybridized carbons (Fsp3) is 0.676. The van der Waals surface area contributed by atoms with Gasteiger partial charge in [0.25, 0.3) is 5.91 Å². The minimum Gasteiger partial charge on any atom is -0.490 e. The van der Waals surface area contributed by atoms with Gasteiger partial charge in [-0.3, -0.25) is 9.59 Å². The highest BCUT2D eigenvalue weighted by Gasteiger charge is 2.28. The van der Waals surface area contributed by atoms with E-state index in [1.54, 1.807) is 31.2 Å². The van der Waals surface area contributed by atoms with Crippen molar-refractivity contribution >= 4 is 23.6 Å². The standard InChI is InChI=1S/C34H53N3O8S/c1-28(2)10-6-7-16-40-18-20-42-21-19-41-17-15-37-33(39)30-12-8-13-31(24-30)44-26-34(5,46-27-35)45-23-22-43-25-32(38)36-14-9-11-29(3)4/h8,12-13,24,28-29H,6-7,10,14-23,25-26H2,1-5H3,(H,36,38)(H,37,39)/t34-/m0/s1. The quantitative estimate of drug-likeness (QED) is 0.0635. The van der Waals surface area contributed by atoms with Gasteiger partial charge in [-0.25, -0.2) is 0 Å². The molecule has 0 spiro atoms. The molecule has 0 saturated carbocycles. The number of thioether (sulfide) groups is 1. The van der Waals surface area contributed by atoms with Crippen LogP contribution < -0.4 is 15.4 Å². The smallest absolute Gasteiger partial charge is 0.251 e. The van der Waals surface area contributed by atoms with Crippen LogP contribution in [0.15, 0.2) is 24.3 Å². The van der Waals surface area contributed by atoms with E-state index in [2.05, 4.69) is 36.3 Å². The third kappa shape index (κ3) is 22.6. The van der Waals surface area contributed by atoms with Crippen molar-refractivity contribution in [3.05, 3.63) is 29.8 Å². The van der Waals surface area contributed by atoms with E-state index in [-0.39, 0.29) is 50.7 Å². The summed E-state index contributed by atoms with van der Waals surface area (Å²) in [5.41, 5.74) is 0.433. The van der Waals surface area contributed by atoms with Crippen LogP contribution in [0.2, 0.25) is 0 Å². The lowest BCUT2D eigenvalue weighted by molar-refractivity contribution is -0.126. The number of unbranched alkanes of at least 4 members (excludes halogenated alkanes) is 1. The predicted octanol–water partition coefficient (Wildman–Crippen LogP) is 4.41. The third-order valence-corrected chi connectivity index (χ3v) is 6.85. The van der Waals surface area contributed by atoms with Gasteiger partial charge in [-0.05, 0) is 49.2 Å². The summed E-state index contributed by atoms with van der Waals surface area (Å²) in [6, 6.07) is 6.76. The lowest BCUT2D eigenvalue weighted by Crippen LogP contribution is -2.34. The maximum atomic E-state index is 12.6. The van der Waals surface area contributed by atoms with Crippen LogP contribution in [0.4, 0.5) is 0 Å². The van der Waals surface area contributed by atoms with Gasteiger partial charge in [0.2, 0.25) is 5.91 Å². The number of benzene rings is 1. The van der Waals surface area contributed by atoms with Gasteiger partial charge in [-0.2, -0.15) is 5.26 Å². The maximum absolute atomic E-state index is 12.6. The van der Waals surface area contributed by atoms with Gasteiger partial charge in [0.15, 0.2) is 4.93 Å². The second kappa shape index (κ2) is 26.3. The number of hydrogen-bond acceptors (Lipinski definition) is 10. The van der Waals surface area contributed by atoms with Gasteiger partial charge in [-0.15, -0.1) is 0 Å². The summed E-state index contributed by atoms with van der Waals surface area (Å²) >= 11 is 0.915. The van der Waals surface area contributed by atoms with Crippen LogP contribution in [0.5, 0.6) is 5.75 Å². The Morgan fingerprint density at radius 2 is 1.61 bits per heavy atom. The average Bonchev–Trinajstić information content (AvgIpc) is 3.02. The highest BCUT2D eigenvalue weighted by Crippen LogP contribution is 2.27. The fourth-order valence-corrected chi connectivity index (χ4v) is 4.16. The van der Waals surface area contributed by atoms with Crippen LogP contribution in [0.1, 0.15) is 64.2 Å². The molecule has 2 N–H and O–H groups in total. The molecular weight excluding hydrogens is 610 g/mol. The zero-order chi connectivity index (χ0) is 33.9. The van der Waals surface area contributed by atoms with E-state index in [1.165, 1.54) is 12.8 Å². The summed E-state index contributed by atoms with van der Waals surface area (Å²) in [5.74, 6) is 6.76. The largest absolute Gasteiger partial charge is 0.490 e. The van der Waals surface area contributed by atoms with Gasteiger partial charge in [0.05, 0.1) is 52.8 Å². The van der Waals surface area contributed by atoms with Crippen molar-refractivity contribution in [2.24, 2.45) is 11.8 Å². The first-order chi connectivity index (χ1) is 22.1. The Morgan fingerprint density at radius 3 is 2.30 bits per heavy atom. The molecule has 1 aromatic rings. The van der Waals surface area contributed by atoms with Crippen LogP contribution in [-0.4, -0.2) is 95.9 Å². The number of carbonyl (C=O) groups excluding carboxylic acids is 2. The van der Waals surface area contributed by atoms with Crippen molar-refractivity contribution in [3.63, 3.8) is 0 Å². The zero-order valence-corrected chi connectivity index (χ0v) is 29.0. The van der Waals surface area contributed by atoms with Crippen molar-refractivity contribution in [2.75, 3.05) is 79.2 Å². The van der Waals surface area contributed by atoms with E-state index in [0.29, 0.717) is 50.9 Å². The molecule has 46 heavy (non-hydrogen) atoms. The molecule has 12 heteroatoms. The molecule has 0 aliphatic heterocycles. The van der Waals surface area contributed by atoms with Gasteiger partial charge in [-0.1, -0.05) is 58.4 Å². The number of amides is 2. The summed E-state index contributed by atoms with van der Waals surface area (Å²) in [5, 5.41) is 16.8. The molecular formula is C34H53N3O8S. The summed E-state index contributed by atoms with van der Waals surface area (Å²) in [6.07, 6.45) is 3.51. The monoisotopic (exact) mass is 663 g/mol. The van der Waals surface area contributed by atoms with Gasteiger partial charge in [0, 0.05) is 24.6 Å². The number of hydrogen-bond donors (Lipinski definition) is 2. The van der Waals surface area contributed by atoms with E-state index in [0.717, 1.165) is 30.7 Å². The maximum Gasteiger partial charge on any atom is 0.251 e. The van der Waals surface area contributed by atoms with Gasteiger partial charge in [0.1, 0.15) is 24.4 Å². The molecule has 0 fully saturated rings. The van der Waals surface area contributed by atoms with Crippen molar-refractivity contribution in [3.8, 4) is 23.0 Å². The number of nitrogens with one attached hydrogen (secondary N) is 2. The molecule has 0 bridgehead atoms. The lowest BCUT2D eigenvalue weighted by atomic mass is 10.1. The number of carbonyl (C=O) groups is 2. The Balaban J connectivity index is 2.24. The Morgan fingerprint density at radius 1 is 0.913 bits per heavy atom. The third-order valence-electron chi connectivity index (χ3n) is 6.09. The summed E-state index contributed by atoms with van der Waals surface area (Å²) in [7, 11) is 0. The highest BCUT2D eigenvalue weighted by atomic mass is 32.2. The first kappa shape index (κ1) is 41.2. The molecule has 0 aliphatic carbocycles. The van der Waals surface area contributed by atoms with Crippen LogP contribution in [0, 0.1) is 34.3 Å². The van der Waals surface area contributed by atoms with E-state index in [1.807, 2.05) is 19.2 Å². The van der Waals surface area contributed by atoms with Crippen LogP contribution in [-0.2, 0) is 28.5 Å². The summed E-state index contributed by atoms with van der Waals surface area (Å²) in [6.45, 7) is 14.2. The molecule has 2 amide bonds. The summed E-state index contributed by atoms with van der Waals surface area (Å²) in [4.78, 5) is 23.4. The van der Waals surface area contributed by atoms with E-state index >= 15 is 0 Å². The Kier molecular flexibility index (Phi) is 23.5. The number of rotatable bonds is 26. The minimum atomic E-state index is -0.994. The number of nitrogens with zero attached hydrogens (tertiary/aromatic N) is 1. The Labute approximate surface area is 279 Å². The zero-order valence-electron chi connectivity index (χ0n) is 28.2. The Bertz CT molecular complexity index is 1090. The van der Waals surface area contributed by atoms with Crippen molar-refractivity contribution in [2.45, 2.75) is 58.8 Å². The van der Waals surface area contributed by atoms with Crippen LogP contribution >= 0.6 is 11.8 Å². The summed E-state index contributed by atoms with van der Waals surface area (Å²) < 4.78 is 33.7. The van der Waals surface area contributed by atoms with Crippen molar-refractivity contribution < 1.29 is 38.0 Å². The second-order valence-electron chi connectivity index (χ2n) is 11.3. The van der Waals surface area contributed by atoms with Crippen molar-refractivity contribution in [1.29, 1.82) is 5.26 Å². The lowest BCUT2D eigenvalue weighted by Gasteiger charge is -2.26. The molecule has 1 aromatic carbocycles. The van der Waals surface area contributed by atoms with Gasteiger partial charge >= 0.3 is 0 Å². The molecule has 0 unspecified atom stereocenters. The average molecular weight is 664 g/mol. The number of thiocyanates is 1. The van der Waals surface area contributed by atoms with E-state index < -0.39 is 4.93 Å². The molecule has 1 atom stereocenters. The number of ether oxygens (including phenoxy) is 6. The molecule has 0 aliphatic rings. The molecule has 11 nitrogen and oxygen atoms in total. The molecule has 0 aromatic heterocycles. The topological polar surface area (TPSA) is 137 Å². The second-order valence-corrected chi connectivity index (χ2v) is 12.5. The normalized spacial score (nSPS) is 12.2. The molecule has 0 radical (unpaired) electrons. The fourth-order valence-electron chi connectivity index (χ4n) is 3.71. The molecule has 0 saturated heterocycles. The number of nitriles is 1. The molecule has 1 rings (SSSR count).